The van der Waals surface area contributed by atoms with Gasteiger partial charge >= 0.3 is 0 Å². The summed E-state index contributed by atoms with van der Waals surface area (Å²) in [6, 6.07) is 5.40. The van der Waals surface area contributed by atoms with E-state index in [0.29, 0.717) is 24.5 Å². The monoisotopic (exact) mass is 281 g/mol. The van der Waals surface area contributed by atoms with Gasteiger partial charge in [-0.1, -0.05) is 6.07 Å². The van der Waals surface area contributed by atoms with Crippen molar-refractivity contribution >= 4 is 18.3 Å². The number of piperidine rings is 1. The third kappa shape index (κ3) is 3.67. The Kier molecular flexibility index (Phi) is 4.77. The van der Waals surface area contributed by atoms with Crippen molar-refractivity contribution in [2.75, 3.05) is 0 Å². The molecule has 2 aliphatic heterocycles. The predicted octanol–water partition coefficient (Wildman–Crippen LogP) is 1.45. The zero-order chi connectivity index (χ0) is 12.4. The number of rotatable bonds is 3. The van der Waals surface area contributed by atoms with Crippen LogP contribution in [0.5, 0.6) is 0 Å². The number of nitrogens with zero attached hydrogens (tertiary/aromatic N) is 1. The maximum absolute atomic E-state index is 12.0. The van der Waals surface area contributed by atoms with E-state index < -0.39 is 0 Å². The van der Waals surface area contributed by atoms with Gasteiger partial charge in [-0.05, 0) is 37.3 Å². The van der Waals surface area contributed by atoms with Crippen LogP contribution in [0.15, 0.2) is 24.5 Å². The Bertz CT molecular complexity index is 414. The molecule has 1 aromatic heterocycles. The molecule has 0 spiro atoms. The van der Waals surface area contributed by atoms with Crippen LogP contribution in [0.1, 0.15) is 31.2 Å². The molecule has 2 atom stereocenters. The van der Waals surface area contributed by atoms with Gasteiger partial charge in [0.15, 0.2) is 0 Å². The van der Waals surface area contributed by atoms with E-state index in [1.165, 1.54) is 12.8 Å². The molecule has 104 valence electrons. The van der Waals surface area contributed by atoms with E-state index in [4.69, 9.17) is 0 Å². The zero-order valence-corrected chi connectivity index (χ0v) is 11.7. The molecule has 0 saturated carbocycles. The average molecular weight is 282 g/mol. The van der Waals surface area contributed by atoms with Crippen molar-refractivity contribution in [3.05, 3.63) is 30.1 Å². The maximum atomic E-state index is 12.0. The molecule has 0 aliphatic carbocycles. The van der Waals surface area contributed by atoms with Crippen LogP contribution in [0.2, 0.25) is 0 Å². The minimum absolute atomic E-state index is 0. The molecule has 1 aromatic rings. The van der Waals surface area contributed by atoms with Crippen LogP contribution in [0, 0.1) is 0 Å². The number of fused-ring (bicyclic) bond motifs is 2. The minimum atomic E-state index is 0. The molecule has 2 unspecified atom stereocenters. The lowest BCUT2D eigenvalue weighted by Gasteiger charge is -2.29. The Morgan fingerprint density at radius 2 is 2.11 bits per heavy atom. The van der Waals surface area contributed by atoms with Crippen molar-refractivity contribution in [3.63, 3.8) is 0 Å². The molecule has 2 bridgehead atoms. The van der Waals surface area contributed by atoms with E-state index >= 15 is 0 Å². The highest BCUT2D eigenvalue weighted by Crippen LogP contribution is 2.26. The van der Waals surface area contributed by atoms with Gasteiger partial charge in [0, 0.05) is 30.5 Å². The summed E-state index contributed by atoms with van der Waals surface area (Å²) in [5.74, 6) is 0.120. The fourth-order valence-electron chi connectivity index (χ4n) is 3.14. The molecule has 2 fully saturated rings. The smallest absolute Gasteiger partial charge is 0.224 e. The molecule has 0 aromatic carbocycles. The molecule has 1 amide bonds. The van der Waals surface area contributed by atoms with Crippen molar-refractivity contribution < 1.29 is 4.79 Å². The van der Waals surface area contributed by atoms with Gasteiger partial charge in [-0.15, -0.1) is 12.4 Å². The molecule has 2 N–H and O–H groups in total. The highest BCUT2D eigenvalue weighted by molar-refractivity contribution is 5.85. The Hall–Kier alpha value is -1.13. The van der Waals surface area contributed by atoms with Crippen LogP contribution < -0.4 is 10.6 Å². The summed E-state index contributed by atoms with van der Waals surface area (Å²) in [5, 5.41) is 6.74. The largest absolute Gasteiger partial charge is 0.353 e. The van der Waals surface area contributed by atoms with Crippen molar-refractivity contribution in [1.82, 2.24) is 15.6 Å². The van der Waals surface area contributed by atoms with Crippen molar-refractivity contribution in [2.45, 2.75) is 50.2 Å². The summed E-state index contributed by atoms with van der Waals surface area (Å²) in [6.45, 7) is 0. The Morgan fingerprint density at radius 3 is 2.74 bits per heavy atom. The number of hydrogen-bond acceptors (Lipinski definition) is 3. The van der Waals surface area contributed by atoms with Gasteiger partial charge in [-0.3, -0.25) is 9.78 Å². The molecular formula is C14H20ClN3O. The molecule has 3 rings (SSSR count). The predicted molar refractivity (Wildman–Crippen MR) is 76.3 cm³/mol. The molecule has 19 heavy (non-hydrogen) atoms. The number of hydrogen-bond donors (Lipinski definition) is 2. The number of amides is 1. The van der Waals surface area contributed by atoms with Gasteiger partial charge in [0.05, 0.1) is 6.42 Å². The summed E-state index contributed by atoms with van der Waals surface area (Å²) in [5.41, 5.74) is 0.979. The lowest BCUT2D eigenvalue weighted by molar-refractivity contribution is -0.121. The van der Waals surface area contributed by atoms with Crippen molar-refractivity contribution in [2.24, 2.45) is 0 Å². The maximum Gasteiger partial charge on any atom is 0.224 e. The third-order valence-corrected chi connectivity index (χ3v) is 3.93. The second-order valence-electron chi connectivity index (χ2n) is 5.41. The summed E-state index contributed by atoms with van der Waals surface area (Å²) < 4.78 is 0. The zero-order valence-electron chi connectivity index (χ0n) is 10.8. The van der Waals surface area contributed by atoms with Crippen molar-refractivity contribution in [1.29, 1.82) is 0 Å². The quantitative estimate of drug-likeness (QED) is 0.882. The van der Waals surface area contributed by atoms with Crippen LogP contribution in [0.3, 0.4) is 0 Å². The summed E-state index contributed by atoms with van der Waals surface area (Å²) in [7, 11) is 0. The van der Waals surface area contributed by atoms with Gasteiger partial charge in [0.2, 0.25) is 5.91 Å². The number of carbonyl (C=O) groups excluding carboxylic acids is 1. The first kappa shape index (κ1) is 14.3. The number of carbonyl (C=O) groups is 1. The van der Waals surface area contributed by atoms with Crippen LogP contribution in [-0.2, 0) is 11.2 Å². The van der Waals surface area contributed by atoms with E-state index in [-0.39, 0.29) is 18.3 Å². The summed E-state index contributed by atoms with van der Waals surface area (Å²) in [4.78, 5) is 16.0. The van der Waals surface area contributed by atoms with Gasteiger partial charge in [-0.25, -0.2) is 0 Å². The number of aromatic nitrogens is 1. The molecular weight excluding hydrogens is 262 g/mol. The summed E-state index contributed by atoms with van der Waals surface area (Å²) >= 11 is 0. The SMILES string of the molecule is Cl.O=C(Cc1cccnc1)NC1CC2CCC(C1)N2. The Labute approximate surface area is 119 Å². The first-order valence-electron chi connectivity index (χ1n) is 6.74. The Balaban J connectivity index is 0.00000133. The first-order valence-corrected chi connectivity index (χ1v) is 6.74. The fourth-order valence-corrected chi connectivity index (χ4v) is 3.14. The van der Waals surface area contributed by atoms with Gasteiger partial charge in [0.1, 0.15) is 0 Å². The van der Waals surface area contributed by atoms with E-state index in [9.17, 15) is 4.79 Å². The van der Waals surface area contributed by atoms with E-state index in [1.54, 1.807) is 12.4 Å². The molecule has 0 radical (unpaired) electrons. The highest BCUT2D eigenvalue weighted by Gasteiger charge is 2.33. The minimum Gasteiger partial charge on any atom is -0.353 e. The highest BCUT2D eigenvalue weighted by atomic mass is 35.5. The standard InChI is InChI=1S/C14H19N3O.ClH/c18-14(6-10-2-1-5-15-9-10)17-13-7-11-3-4-12(8-13)16-11;/h1-2,5,9,11-13,16H,3-4,6-8H2,(H,17,18);1H. The topological polar surface area (TPSA) is 54.0 Å². The second-order valence-corrected chi connectivity index (χ2v) is 5.41. The lowest BCUT2D eigenvalue weighted by Crippen LogP contribution is -2.48. The molecule has 4 nitrogen and oxygen atoms in total. The van der Waals surface area contributed by atoms with Crippen LogP contribution in [0.4, 0.5) is 0 Å². The van der Waals surface area contributed by atoms with Crippen LogP contribution in [-0.4, -0.2) is 29.0 Å². The molecule has 2 aliphatic rings. The van der Waals surface area contributed by atoms with Crippen LogP contribution in [0.25, 0.3) is 0 Å². The van der Waals surface area contributed by atoms with E-state index in [2.05, 4.69) is 15.6 Å². The molecule has 2 saturated heterocycles. The Morgan fingerprint density at radius 1 is 1.37 bits per heavy atom. The number of nitrogens with one attached hydrogen (secondary N) is 2. The normalized spacial score (nSPS) is 28.5. The average Bonchev–Trinajstić information content (AvgIpc) is 2.70. The number of halogens is 1. The second kappa shape index (κ2) is 6.35. The fraction of sp³-hybridized carbons (Fsp3) is 0.571. The molecule has 5 heteroatoms. The lowest BCUT2D eigenvalue weighted by atomic mass is 9.99. The first-order chi connectivity index (χ1) is 8.79. The van der Waals surface area contributed by atoms with E-state index in [1.807, 2.05) is 12.1 Å². The number of pyridine rings is 1. The van der Waals surface area contributed by atoms with Crippen LogP contribution >= 0.6 is 12.4 Å². The van der Waals surface area contributed by atoms with E-state index in [0.717, 1.165) is 18.4 Å². The van der Waals surface area contributed by atoms with Gasteiger partial charge < -0.3 is 10.6 Å². The summed E-state index contributed by atoms with van der Waals surface area (Å²) in [6.07, 6.45) is 8.61. The molecule has 3 heterocycles. The van der Waals surface area contributed by atoms with Gasteiger partial charge in [0.25, 0.3) is 0 Å². The third-order valence-electron chi connectivity index (χ3n) is 3.93. The van der Waals surface area contributed by atoms with Gasteiger partial charge in [-0.2, -0.15) is 0 Å². The van der Waals surface area contributed by atoms with Crippen molar-refractivity contribution in [3.8, 4) is 0 Å².